The Kier molecular flexibility index (Phi) is 6.61. The normalized spacial score (nSPS) is 16.4. The molecule has 0 saturated carbocycles. The highest BCUT2D eigenvalue weighted by atomic mass is 16.5. The van der Waals surface area contributed by atoms with Gasteiger partial charge < -0.3 is 19.9 Å². The highest BCUT2D eigenvalue weighted by Crippen LogP contribution is 2.30. The second-order valence-corrected chi connectivity index (χ2v) is 6.24. The highest BCUT2D eigenvalue weighted by Gasteiger charge is 2.40. The summed E-state index contributed by atoms with van der Waals surface area (Å²) in [5.74, 6) is -0.216. The van der Waals surface area contributed by atoms with Gasteiger partial charge in [0, 0.05) is 26.2 Å². The Morgan fingerprint density at radius 2 is 2.08 bits per heavy atom. The second-order valence-electron chi connectivity index (χ2n) is 6.24. The molecular weight excluding hydrogens is 310 g/mol. The van der Waals surface area contributed by atoms with Gasteiger partial charge in [-0.05, 0) is 43.9 Å². The lowest BCUT2D eigenvalue weighted by molar-refractivity contribution is -0.154. The fourth-order valence-corrected chi connectivity index (χ4v) is 2.71. The Balaban J connectivity index is 1.68. The van der Waals surface area contributed by atoms with Gasteiger partial charge in [0.05, 0.1) is 12.0 Å². The minimum absolute atomic E-state index is 0.144. The summed E-state index contributed by atoms with van der Waals surface area (Å²) in [6, 6.07) is 7.75. The fraction of sp³-hybridized carbons (Fsp3) is 0.556. The SMILES string of the molecule is Cc1cccc(OCCCC(=O)NCC2(C(=O)O)CCOCC2)c1. The second kappa shape index (κ2) is 8.68. The number of carbonyl (C=O) groups excluding carboxylic acids is 1. The molecule has 0 aromatic heterocycles. The number of aryl methyl sites for hydroxylation is 1. The van der Waals surface area contributed by atoms with Crippen LogP contribution in [0, 0.1) is 12.3 Å². The van der Waals surface area contributed by atoms with Gasteiger partial charge in [-0.2, -0.15) is 0 Å². The molecule has 24 heavy (non-hydrogen) atoms. The molecule has 6 heteroatoms. The molecule has 1 aromatic carbocycles. The summed E-state index contributed by atoms with van der Waals surface area (Å²) in [6.45, 7) is 3.45. The van der Waals surface area contributed by atoms with Gasteiger partial charge in [0.15, 0.2) is 0 Å². The average molecular weight is 335 g/mol. The molecule has 1 aliphatic rings. The monoisotopic (exact) mass is 335 g/mol. The Morgan fingerprint density at radius 1 is 1.33 bits per heavy atom. The predicted octanol–water partition coefficient (Wildman–Crippen LogP) is 2.15. The minimum Gasteiger partial charge on any atom is -0.494 e. The Hall–Kier alpha value is -2.08. The Bertz CT molecular complexity index is 566. The van der Waals surface area contributed by atoms with Crippen molar-refractivity contribution in [2.45, 2.75) is 32.6 Å². The summed E-state index contributed by atoms with van der Waals surface area (Å²) in [7, 11) is 0. The van der Waals surface area contributed by atoms with E-state index in [1.165, 1.54) is 0 Å². The third-order valence-corrected chi connectivity index (χ3v) is 4.33. The first-order valence-corrected chi connectivity index (χ1v) is 8.29. The van der Waals surface area contributed by atoms with Crippen LogP contribution in [0.1, 0.15) is 31.2 Å². The number of hydrogen-bond acceptors (Lipinski definition) is 4. The van der Waals surface area contributed by atoms with Crippen LogP contribution in [0.15, 0.2) is 24.3 Å². The molecule has 0 aliphatic carbocycles. The maximum atomic E-state index is 11.9. The first-order chi connectivity index (χ1) is 11.5. The van der Waals surface area contributed by atoms with Crippen molar-refractivity contribution in [3.8, 4) is 5.75 Å². The van der Waals surface area contributed by atoms with Crippen molar-refractivity contribution in [2.24, 2.45) is 5.41 Å². The van der Waals surface area contributed by atoms with E-state index in [9.17, 15) is 14.7 Å². The number of carboxylic acids is 1. The fourth-order valence-electron chi connectivity index (χ4n) is 2.71. The molecule has 1 heterocycles. The maximum absolute atomic E-state index is 11.9. The maximum Gasteiger partial charge on any atom is 0.311 e. The zero-order valence-corrected chi connectivity index (χ0v) is 14.0. The van der Waals surface area contributed by atoms with E-state index in [1.807, 2.05) is 31.2 Å². The van der Waals surface area contributed by atoms with Gasteiger partial charge in [0.1, 0.15) is 5.75 Å². The van der Waals surface area contributed by atoms with Crippen molar-refractivity contribution in [1.82, 2.24) is 5.32 Å². The highest BCUT2D eigenvalue weighted by molar-refractivity contribution is 5.79. The first-order valence-electron chi connectivity index (χ1n) is 8.29. The quantitative estimate of drug-likeness (QED) is 0.711. The van der Waals surface area contributed by atoms with Gasteiger partial charge in [-0.1, -0.05) is 12.1 Å². The van der Waals surface area contributed by atoms with Gasteiger partial charge in [0.2, 0.25) is 5.91 Å². The molecule has 1 aromatic rings. The van der Waals surface area contributed by atoms with Crippen molar-refractivity contribution in [2.75, 3.05) is 26.4 Å². The topological polar surface area (TPSA) is 84.9 Å². The van der Waals surface area contributed by atoms with Crippen molar-refractivity contribution < 1.29 is 24.2 Å². The Morgan fingerprint density at radius 3 is 2.75 bits per heavy atom. The number of rotatable bonds is 8. The number of hydrogen-bond donors (Lipinski definition) is 2. The van der Waals surface area contributed by atoms with Crippen LogP contribution in [0.25, 0.3) is 0 Å². The van der Waals surface area contributed by atoms with E-state index < -0.39 is 11.4 Å². The van der Waals surface area contributed by atoms with Crippen LogP contribution in [0.4, 0.5) is 0 Å². The van der Waals surface area contributed by atoms with Crippen molar-refractivity contribution >= 4 is 11.9 Å². The van der Waals surface area contributed by atoms with Gasteiger partial charge in [-0.15, -0.1) is 0 Å². The van der Waals surface area contributed by atoms with Crippen LogP contribution in [-0.2, 0) is 14.3 Å². The van der Waals surface area contributed by atoms with Crippen LogP contribution in [-0.4, -0.2) is 43.3 Å². The van der Waals surface area contributed by atoms with Gasteiger partial charge in [-0.25, -0.2) is 0 Å². The predicted molar refractivity (Wildman–Crippen MR) is 89.0 cm³/mol. The third-order valence-electron chi connectivity index (χ3n) is 4.33. The van der Waals surface area contributed by atoms with Crippen LogP contribution in [0.3, 0.4) is 0 Å². The van der Waals surface area contributed by atoms with E-state index in [0.29, 0.717) is 45.5 Å². The lowest BCUT2D eigenvalue weighted by atomic mass is 9.80. The molecule has 0 radical (unpaired) electrons. The molecule has 1 fully saturated rings. The van der Waals surface area contributed by atoms with Crippen molar-refractivity contribution in [3.05, 3.63) is 29.8 Å². The van der Waals surface area contributed by atoms with Crippen LogP contribution in [0.2, 0.25) is 0 Å². The molecule has 132 valence electrons. The van der Waals surface area contributed by atoms with Crippen LogP contribution < -0.4 is 10.1 Å². The van der Waals surface area contributed by atoms with E-state index in [-0.39, 0.29) is 12.5 Å². The summed E-state index contributed by atoms with van der Waals surface area (Å²) in [6.07, 6.45) is 1.76. The molecular formula is C18H25NO5. The molecule has 2 rings (SSSR count). The summed E-state index contributed by atoms with van der Waals surface area (Å²) in [5, 5.41) is 12.2. The lowest BCUT2D eigenvalue weighted by Gasteiger charge is -2.33. The van der Waals surface area contributed by atoms with Crippen molar-refractivity contribution in [3.63, 3.8) is 0 Å². The number of carbonyl (C=O) groups is 2. The molecule has 6 nitrogen and oxygen atoms in total. The zero-order chi connectivity index (χ0) is 17.4. The number of benzene rings is 1. The number of amides is 1. The minimum atomic E-state index is -0.897. The first kappa shape index (κ1) is 18.3. The average Bonchev–Trinajstić information content (AvgIpc) is 2.58. The number of ether oxygens (including phenoxy) is 2. The van der Waals surface area contributed by atoms with Gasteiger partial charge >= 0.3 is 5.97 Å². The van der Waals surface area contributed by atoms with Gasteiger partial charge in [-0.3, -0.25) is 9.59 Å². The molecule has 1 aliphatic heterocycles. The molecule has 0 unspecified atom stereocenters. The molecule has 0 bridgehead atoms. The molecule has 1 saturated heterocycles. The van der Waals surface area contributed by atoms with Crippen LogP contribution in [0.5, 0.6) is 5.75 Å². The summed E-state index contributed by atoms with van der Waals surface area (Å²) >= 11 is 0. The smallest absolute Gasteiger partial charge is 0.311 e. The van der Waals surface area contributed by atoms with E-state index in [4.69, 9.17) is 9.47 Å². The van der Waals surface area contributed by atoms with Crippen LogP contribution >= 0.6 is 0 Å². The van der Waals surface area contributed by atoms with E-state index in [2.05, 4.69) is 5.32 Å². The molecule has 0 spiro atoms. The molecule has 1 amide bonds. The Labute approximate surface area is 142 Å². The number of aliphatic carboxylic acids is 1. The summed E-state index contributed by atoms with van der Waals surface area (Å²) in [4.78, 5) is 23.4. The van der Waals surface area contributed by atoms with Crippen molar-refractivity contribution in [1.29, 1.82) is 0 Å². The molecule has 2 N–H and O–H groups in total. The van der Waals surface area contributed by atoms with Gasteiger partial charge in [0.25, 0.3) is 0 Å². The third kappa shape index (κ3) is 5.23. The summed E-state index contributed by atoms with van der Waals surface area (Å²) < 4.78 is 10.8. The zero-order valence-electron chi connectivity index (χ0n) is 14.0. The number of carboxylic acid groups (broad SMARTS) is 1. The van der Waals surface area contributed by atoms with E-state index in [1.54, 1.807) is 0 Å². The van der Waals surface area contributed by atoms with E-state index in [0.717, 1.165) is 11.3 Å². The van der Waals surface area contributed by atoms with E-state index >= 15 is 0 Å². The largest absolute Gasteiger partial charge is 0.494 e. The lowest BCUT2D eigenvalue weighted by Crippen LogP contribution is -2.46. The molecule has 0 atom stereocenters. The number of nitrogens with one attached hydrogen (secondary N) is 1. The summed E-state index contributed by atoms with van der Waals surface area (Å²) in [5.41, 5.74) is 0.229. The standard InChI is InChI=1S/C18H25NO5/c1-14-4-2-5-15(12-14)24-9-3-6-16(20)19-13-18(17(21)22)7-10-23-11-8-18/h2,4-5,12H,3,6-11,13H2,1H3,(H,19,20)(H,21,22).